The average Bonchev–Trinajstić information content (AvgIpc) is 2.83. The van der Waals surface area contributed by atoms with Gasteiger partial charge in [0.1, 0.15) is 12.4 Å². The highest BCUT2D eigenvalue weighted by molar-refractivity contribution is 5.86. The molecule has 2 heterocycles. The molecule has 0 aliphatic carbocycles. The first kappa shape index (κ1) is 11.5. The Labute approximate surface area is 109 Å². The van der Waals surface area contributed by atoms with Crippen LogP contribution in [0.15, 0.2) is 36.7 Å². The first-order chi connectivity index (χ1) is 9.24. The molecule has 3 rings (SSSR count). The molecule has 0 fully saturated rings. The number of fused-ring (bicyclic) bond motifs is 1. The van der Waals surface area contributed by atoms with E-state index < -0.39 is 5.97 Å². The van der Waals surface area contributed by atoms with E-state index in [1.165, 1.54) is 12.4 Å². The number of hydrogen-bond donors (Lipinski definition) is 2. The van der Waals surface area contributed by atoms with Crippen LogP contribution < -0.4 is 10.1 Å². The molecule has 0 saturated heterocycles. The Bertz CT molecular complexity index is 613. The monoisotopic (exact) mass is 257 g/mol. The first-order valence-corrected chi connectivity index (χ1v) is 5.77. The van der Waals surface area contributed by atoms with Crippen LogP contribution in [-0.4, -0.2) is 27.7 Å². The highest BCUT2D eigenvalue weighted by atomic mass is 16.5. The lowest BCUT2D eigenvalue weighted by molar-refractivity contribution is 0.0696. The lowest BCUT2D eigenvalue weighted by atomic mass is 10.1. The number of rotatable bonds is 3. The van der Waals surface area contributed by atoms with Crippen LogP contribution in [0.25, 0.3) is 0 Å². The Morgan fingerprint density at radius 1 is 1.32 bits per heavy atom. The summed E-state index contributed by atoms with van der Waals surface area (Å²) < 4.78 is 5.53. The highest BCUT2D eigenvalue weighted by Gasteiger charge is 2.24. The van der Waals surface area contributed by atoms with Crippen LogP contribution in [0.3, 0.4) is 0 Å². The molecule has 1 aliphatic heterocycles. The molecule has 0 unspecified atom stereocenters. The Balaban J connectivity index is 1.78. The van der Waals surface area contributed by atoms with Crippen LogP contribution in [0.2, 0.25) is 0 Å². The number of benzene rings is 1. The first-order valence-electron chi connectivity index (χ1n) is 5.77. The zero-order chi connectivity index (χ0) is 13.2. The van der Waals surface area contributed by atoms with Gasteiger partial charge in [0.15, 0.2) is 0 Å². The third-order valence-corrected chi connectivity index (χ3v) is 2.90. The molecular weight excluding hydrogens is 246 g/mol. The van der Waals surface area contributed by atoms with Crippen LogP contribution in [0.1, 0.15) is 22.0 Å². The molecule has 0 bridgehead atoms. The zero-order valence-electron chi connectivity index (χ0n) is 9.91. The summed E-state index contributed by atoms with van der Waals surface area (Å²) in [5.74, 6) is 0.193. The molecule has 2 N–H and O–H groups in total. The van der Waals surface area contributed by atoms with E-state index in [1.807, 2.05) is 24.3 Å². The van der Waals surface area contributed by atoms with Crippen molar-refractivity contribution in [1.29, 1.82) is 0 Å². The average molecular weight is 257 g/mol. The van der Waals surface area contributed by atoms with Crippen molar-refractivity contribution in [3.8, 4) is 5.75 Å². The maximum atomic E-state index is 10.7. The van der Waals surface area contributed by atoms with Gasteiger partial charge in [-0.05, 0) is 6.07 Å². The molecule has 1 atom stereocenters. The van der Waals surface area contributed by atoms with Gasteiger partial charge in [0.05, 0.1) is 11.6 Å². The Morgan fingerprint density at radius 3 is 2.79 bits per heavy atom. The lowest BCUT2D eigenvalue weighted by Gasteiger charge is -2.11. The number of aromatic nitrogens is 2. The molecule has 6 heteroatoms. The molecule has 19 heavy (non-hydrogen) atoms. The maximum Gasteiger partial charge on any atom is 0.338 e. The van der Waals surface area contributed by atoms with Gasteiger partial charge in [-0.1, -0.05) is 18.2 Å². The van der Waals surface area contributed by atoms with Crippen molar-refractivity contribution < 1.29 is 14.6 Å². The Hall–Kier alpha value is -2.63. The minimum absolute atomic E-state index is 0.0214. The molecular formula is C13H11N3O3. The summed E-state index contributed by atoms with van der Waals surface area (Å²) in [6.07, 6.45) is 2.55. The van der Waals surface area contributed by atoms with Crippen molar-refractivity contribution in [3.05, 3.63) is 47.8 Å². The van der Waals surface area contributed by atoms with Crippen molar-refractivity contribution in [2.75, 3.05) is 11.9 Å². The van der Waals surface area contributed by atoms with E-state index in [4.69, 9.17) is 9.84 Å². The Morgan fingerprint density at radius 2 is 2.05 bits per heavy atom. The van der Waals surface area contributed by atoms with Crippen LogP contribution >= 0.6 is 0 Å². The van der Waals surface area contributed by atoms with Gasteiger partial charge in [-0.15, -0.1) is 0 Å². The molecule has 96 valence electrons. The number of nitrogens with zero attached hydrogens (tertiary/aromatic N) is 2. The molecule has 1 aromatic carbocycles. The summed E-state index contributed by atoms with van der Waals surface area (Å²) in [6, 6.07) is 7.72. The third-order valence-electron chi connectivity index (χ3n) is 2.90. The smallest absolute Gasteiger partial charge is 0.338 e. The molecule has 2 aromatic rings. The molecule has 0 saturated carbocycles. The normalized spacial score (nSPS) is 16.5. The molecule has 0 amide bonds. The highest BCUT2D eigenvalue weighted by Crippen LogP contribution is 2.33. The molecule has 1 aromatic heterocycles. The fourth-order valence-electron chi connectivity index (χ4n) is 1.95. The van der Waals surface area contributed by atoms with Crippen molar-refractivity contribution in [1.82, 2.24) is 9.97 Å². The topological polar surface area (TPSA) is 84.3 Å². The SMILES string of the molecule is O=C(O)c1cnc(N[C@@H]2COc3ccccc32)nc1. The van der Waals surface area contributed by atoms with Crippen LogP contribution in [-0.2, 0) is 0 Å². The van der Waals surface area contributed by atoms with E-state index in [0.717, 1.165) is 11.3 Å². The second-order valence-corrected chi connectivity index (χ2v) is 4.15. The summed E-state index contributed by atoms with van der Waals surface area (Å²) >= 11 is 0. The van der Waals surface area contributed by atoms with Crippen molar-refractivity contribution in [2.24, 2.45) is 0 Å². The summed E-state index contributed by atoms with van der Waals surface area (Å²) in [5.41, 5.74) is 1.11. The van der Waals surface area contributed by atoms with E-state index in [1.54, 1.807) is 0 Å². The maximum absolute atomic E-state index is 10.7. The second-order valence-electron chi connectivity index (χ2n) is 4.15. The lowest BCUT2D eigenvalue weighted by Crippen LogP contribution is -2.14. The number of para-hydroxylation sites is 1. The number of nitrogens with one attached hydrogen (secondary N) is 1. The summed E-state index contributed by atoms with van der Waals surface area (Å²) in [5, 5.41) is 11.9. The third kappa shape index (κ3) is 2.20. The van der Waals surface area contributed by atoms with Gasteiger partial charge in [0, 0.05) is 18.0 Å². The molecule has 1 aliphatic rings. The van der Waals surface area contributed by atoms with Gasteiger partial charge < -0.3 is 15.2 Å². The van der Waals surface area contributed by atoms with Gasteiger partial charge in [-0.3, -0.25) is 0 Å². The number of carboxylic acids is 1. The summed E-state index contributed by atoms with van der Waals surface area (Å²) in [4.78, 5) is 18.7. The van der Waals surface area contributed by atoms with Crippen LogP contribution in [0.4, 0.5) is 5.95 Å². The van der Waals surface area contributed by atoms with E-state index in [9.17, 15) is 4.79 Å². The fraction of sp³-hybridized carbons (Fsp3) is 0.154. The predicted molar refractivity (Wildman–Crippen MR) is 67.3 cm³/mol. The number of aromatic carboxylic acids is 1. The summed E-state index contributed by atoms with van der Waals surface area (Å²) in [6.45, 7) is 0.503. The number of carboxylic acid groups (broad SMARTS) is 1. The van der Waals surface area contributed by atoms with E-state index in [-0.39, 0.29) is 11.6 Å². The number of hydrogen-bond acceptors (Lipinski definition) is 5. The quantitative estimate of drug-likeness (QED) is 0.871. The van der Waals surface area contributed by atoms with Gasteiger partial charge in [-0.25, -0.2) is 14.8 Å². The van der Waals surface area contributed by atoms with E-state index in [0.29, 0.717) is 12.6 Å². The van der Waals surface area contributed by atoms with E-state index >= 15 is 0 Å². The number of ether oxygens (including phenoxy) is 1. The standard InChI is InChI=1S/C13H11N3O3/c17-12(18)8-5-14-13(15-6-8)16-10-7-19-11-4-2-1-3-9(10)11/h1-6,10H,7H2,(H,17,18)(H,14,15,16)/t10-/m1/s1. The van der Waals surface area contributed by atoms with Gasteiger partial charge in [-0.2, -0.15) is 0 Å². The molecule has 0 radical (unpaired) electrons. The van der Waals surface area contributed by atoms with E-state index in [2.05, 4.69) is 15.3 Å². The van der Waals surface area contributed by atoms with Crippen LogP contribution in [0, 0.1) is 0 Å². The van der Waals surface area contributed by atoms with Crippen molar-refractivity contribution >= 4 is 11.9 Å². The largest absolute Gasteiger partial charge is 0.491 e. The predicted octanol–water partition coefficient (Wildman–Crippen LogP) is 1.72. The van der Waals surface area contributed by atoms with Gasteiger partial charge >= 0.3 is 5.97 Å². The fourth-order valence-corrected chi connectivity index (χ4v) is 1.95. The van der Waals surface area contributed by atoms with Crippen molar-refractivity contribution in [2.45, 2.75) is 6.04 Å². The minimum atomic E-state index is -1.04. The summed E-state index contributed by atoms with van der Waals surface area (Å²) in [7, 11) is 0. The molecule has 6 nitrogen and oxygen atoms in total. The zero-order valence-corrected chi connectivity index (χ0v) is 9.91. The number of carbonyl (C=O) groups is 1. The minimum Gasteiger partial charge on any atom is -0.491 e. The molecule has 0 spiro atoms. The Kier molecular flexibility index (Phi) is 2.75. The van der Waals surface area contributed by atoms with Crippen molar-refractivity contribution in [3.63, 3.8) is 0 Å². The van der Waals surface area contributed by atoms with Gasteiger partial charge in [0.25, 0.3) is 0 Å². The van der Waals surface area contributed by atoms with Gasteiger partial charge in [0.2, 0.25) is 5.95 Å². The second kappa shape index (κ2) is 4.56. The number of anilines is 1. The van der Waals surface area contributed by atoms with Crippen LogP contribution in [0.5, 0.6) is 5.75 Å².